The van der Waals surface area contributed by atoms with Gasteiger partial charge in [0, 0.05) is 17.8 Å². The van der Waals surface area contributed by atoms with Crippen molar-refractivity contribution in [3.05, 3.63) is 0 Å². The highest BCUT2D eigenvalue weighted by atomic mass is 32.2. The van der Waals surface area contributed by atoms with Crippen LogP contribution in [0.1, 0.15) is 25.7 Å². The predicted molar refractivity (Wildman–Crippen MR) is 102 cm³/mol. The molecule has 5 N–H and O–H groups in total. The van der Waals surface area contributed by atoms with Crippen LogP contribution in [0, 0.1) is 17.8 Å². The highest BCUT2D eigenvalue weighted by Gasteiger charge is 2.35. The van der Waals surface area contributed by atoms with Gasteiger partial charge in [0.2, 0.25) is 17.7 Å². The Morgan fingerprint density at radius 1 is 0.871 bits per heavy atom. The van der Waals surface area contributed by atoms with Gasteiger partial charge in [-0.3, -0.25) is 23.5 Å². The van der Waals surface area contributed by atoms with Crippen LogP contribution >= 0.6 is 0 Å². The van der Waals surface area contributed by atoms with Crippen molar-refractivity contribution in [2.24, 2.45) is 17.8 Å². The second kappa shape index (κ2) is 11.3. The molecule has 0 saturated heterocycles. The topological polar surface area (TPSA) is 230 Å². The molecule has 1 saturated carbocycles. The minimum atomic E-state index is -4.62. The second-order valence-corrected chi connectivity index (χ2v) is 9.96. The van der Waals surface area contributed by atoms with E-state index < -0.39 is 79.9 Å². The summed E-state index contributed by atoms with van der Waals surface area (Å²) in [7, 11) is -9.18. The summed E-state index contributed by atoms with van der Waals surface area (Å²) in [6, 6.07) is -1.68. The lowest BCUT2D eigenvalue weighted by atomic mass is 9.76. The quantitative estimate of drug-likeness (QED) is 0.148. The minimum Gasteiger partial charge on any atom is -0.344 e. The first kappa shape index (κ1) is 26.6. The maximum absolute atomic E-state index is 12.6. The number of carbonyl (C=O) groups excluding carboxylic acids is 5. The number of rotatable bonds is 11. The fourth-order valence-electron chi connectivity index (χ4n) is 3.06. The van der Waals surface area contributed by atoms with E-state index in [9.17, 15) is 40.8 Å². The Kier molecular flexibility index (Phi) is 9.67. The van der Waals surface area contributed by atoms with Crippen molar-refractivity contribution in [2.75, 3.05) is 11.8 Å². The van der Waals surface area contributed by atoms with Gasteiger partial charge in [0.1, 0.15) is 30.4 Å². The molecule has 14 nitrogen and oxygen atoms in total. The number of nitrogens with one attached hydrogen (secondary N) is 3. The van der Waals surface area contributed by atoms with Crippen LogP contribution in [0.3, 0.4) is 0 Å². The van der Waals surface area contributed by atoms with Crippen LogP contribution in [-0.2, 0) is 44.2 Å². The lowest BCUT2D eigenvalue weighted by molar-refractivity contribution is -0.134. The summed E-state index contributed by atoms with van der Waals surface area (Å²) in [5.74, 6) is -7.40. The van der Waals surface area contributed by atoms with Crippen molar-refractivity contribution < 1.29 is 49.9 Å². The summed E-state index contributed by atoms with van der Waals surface area (Å²) in [5.41, 5.74) is 0. The van der Waals surface area contributed by atoms with E-state index in [1.807, 2.05) is 0 Å². The lowest BCUT2D eigenvalue weighted by Crippen LogP contribution is -2.52. The van der Waals surface area contributed by atoms with E-state index >= 15 is 0 Å². The van der Waals surface area contributed by atoms with Gasteiger partial charge in [-0.25, -0.2) is 0 Å². The van der Waals surface area contributed by atoms with Crippen molar-refractivity contribution in [1.29, 1.82) is 0 Å². The molecule has 3 amide bonds. The molecule has 16 heteroatoms. The summed E-state index contributed by atoms with van der Waals surface area (Å²) in [6.45, 7) is 0. The van der Waals surface area contributed by atoms with Gasteiger partial charge in [0.05, 0.1) is 6.42 Å². The zero-order valence-electron chi connectivity index (χ0n) is 16.1. The number of carbonyl (C=O) groups is 5. The fraction of sp³-hybridized carbons (Fsp3) is 0.667. The summed E-state index contributed by atoms with van der Waals surface area (Å²) >= 11 is 0. The summed E-state index contributed by atoms with van der Waals surface area (Å²) < 4.78 is 60.4. The van der Waals surface area contributed by atoms with Crippen LogP contribution in [0.5, 0.6) is 0 Å². The average Bonchev–Trinajstić information content (AvgIpc) is 2.68. The average molecular weight is 485 g/mol. The molecule has 0 aromatic rings. The van der Waals surface area contributed by atoms with Crippen molar-refractivity contribution >= 4 is 50.5 Å². The molecule has 1 aliphatic rings. The molecule has 31 heavy (non-hydrogen) atoms. The van der Waals surface area contributed by atoms with Gasteiger partial charge in [-0.15, -0.1) is 0 Å². The van der Waals surface area contributed by atoms with Crippen molar-refractivity contribution in [3.8, 4) is 0 Å². The van der Waals surface area contributed by atoms with E-state index in [2.05, 4.69) is 5.32 Å². The van der Waals surface area contributed by atoms with Crippen molar-refractivity contribution in [3.63, 3.8) is 0 Å². The van der Waals surface area contributed by atoms with Crippen LogP contribution in [0.2, 0.25) is 0 Å². The molecule has 176 valence electrons. The molecule has 0 aliphatic heterocycles. The fourth-order valence-corrected chi connectivity index (χ4v) is 3.73. The highest BCUT2D eigenvalue weighted by molar-refractivity contribution is 7.86. The Bertz CT molecular complexity index is 900. The summed E-state index contributed by atoms with van der Waals surface area (Å²) in [6.07, 6.45) is 0.832. The Balaban J connectivity index is 2.91. The molecule has 1 aliphatic carbocycles. The Morgan fingerprint density at radius 3 is 1.81 bits per heavy atom. The smallest absolute Gasteiger partial charge is 0.283 e. The van der Waals surface area contributed by atoms with E-state index in [0.717, 1.165) is 0 Å². The summed E-state index contributed by atoms with van der Waals surface area (Å²) in [5, 5.41) is 5.80. The zero-order chi connectivity index (χ0) is 23.8. The maximum atomic E-state index is 12.6. The molecule has 0 spiro atoms. The second-order valence-electron chi connectivity index (χ2n) is 7.06. The molecule has 0 bridgehead atoms. The van der Waals surface area contributed by atoms with Gasteiger partial charge in [-0.1, -0.05) is 0 Å². The third kappa shape index (κ3) is 10.4. The van der Waals surface area contributed by atoms with Gasteiger partial charge in [0.25, 0.3) is 20.2 Å². The zero-order valence-corrected chi connectivity index (χ0v) is 17.7. The SMILES string of the molecule is O=C[C@@H]1CC(C(=O)NC(CC(=O)NCS(=O)(=O)O)C(=O)NCS(=O)(=O)O)C[C@H](C=O)C1. The molecule has 1 rings (SSSR count). The number of hydrogen-bond acceptors (Lipinski definition) is 9. The van der Waals surface area contributed by atoms with Gasteiger partial charge in [-0.2, -0.15) is 16.8 Å². The van der Waals surface area contributed by atoms with Gasteiger partial charge < -0.3 is 25.5 Å². The maximum Gasteiger partial charge on any atom is 0.283 e. The van der Waals surface area contributed by atoms with Crippen molar-refractivity contribution in [2.45, 2.75) is 31.7 Å². The lowest BCUT2D eigenvalue weighted by Gasteiger charge is -2.30. The van der Waals surface area contributed by atoms with E-state index in [4.69, 9.17) is 9.11 Å². The molecule has 1 fully saturated rings. The third-order valence-corrected chi connectivity index (χ3v) is 5.46. The molecule has 4 atom stereocenters. The molecular weight excluding hydrogens is 462 g/mol. The molecule has 2 unspecified atom stereocenters. The normalized spacial score (nSPS) is 22.6. The first-order chi connectivity index (χ1) is 14.2. The molecule has 0 aromatic heterocycles. The van der Waals surface area contributed by atoms with Gasteiger partial charge in [0.15, 0.2) is 0 Å². The van der Waals surface area contributed by atoms with E-state index in [0.29, 0.717) is 12.6 Å². The van der Waals surface area contributed by atoms with Crippen molar-refractivity contribution in [1.82, 2.24) is 16.0 Å². The largest absolute Gasteiger partial charge is 0.344 e. The monoisotopic (exact) mass is 485 g/mol. The molecule has 0 heterocycles. The van der Waals surface area contributed by atoms with Crippen LogP contribution < -0.4 is 16.0 Å². The van der Waals surface area contributed by atoms with Crippen LogP contribution in [-0.4, -0.2) is 74.0 Å². The van der Waals surface area contributed by atoms with E-state index in [1.54, 1.807) is 10.6 Å². The van der Waals surface area contributed by atoms with E-state index in [-0.39, 0.29) is 19.3 Å². The Hall–Kier alpha value is -2.43. The summed E-state index contributed by atoms with van der Waals surface area (Å²) in [4.78, 5) is 58.8. The van der Waals surface area contributed by atoms with Crippen LogP contribution in [0.15, 0.2) is 0 Å². The number of aldehydes is 2. The first-order valence-corrected chi connectivity index (χ1v) is 12.1. The first-order valence-electron chi connectivity index (χ1n) is 8.89. The molecular formula is C15H23N3O11S2. The van der Waals surface area contributed by atoms with Gasteiger partial charge in [-0.05, 0) is 19.3 Å². The Labute approximate surface area is 178 Å². The molecule has 0 radical (unpaired) electrons. The molecule has 0 aromatic carbocycles. The van der Waals surface area contributed by atoms with Gasteiger partial charge >= 0.3 is 0 Å². The van der Waals surface area contributed by atoms with Crippen LogP contribution in [0.4, 0.5) is 0 Å². The Morgan fingerprint density at radius 2 is 1.35 bits per heavy atom. The number of hydrogen-bond donors (Lipinski definition) is 5. The standard InChI is InChI=1S/C15H23N3O11S2/c19-5-9-1-10(6-20)3-11(2-9)14(22)18-12(15(23)17-8-31(27,28)29)4-13(21)16-7-30(24,25)26/h5-6,9-12H,1-4,7-8H2,(H,16,21)(H,17,23)(H,18,22)(H,24,25,26)(H,27,28,29)/t9-,10+,11?,12?. The number of amides is 3. The predicted octanol–water partition coefficient (Wildman–Crippen LogP) is -2.79. The third-order valence-electron chi connectivity index (χ3n) is 4.44. The highest BCUT2D eigenvalue weighted by Crippen LogP contribution is 2.31. The van der Waals surface area contributed by atoms with Crippen LogP contribution in [0.25, 0.3) is 0 Å². The minimum absolute atomic E-state index is 0.0913. The van der Waals surface area contributed by atoms with E-state index in [1.165, 1.54) is 0 Å².